The van der Waals surface area contributed by atoms with E-state index in [1.165, 1.54) is 19.2 Å². The summed E-state index contributed by atoms with van der Waals surface area (Å²) >= 11 is 0. The molecule has 0 aliphatic heterocycles. The number of methoxy groups -OCH3 is 1. The minimum Gasteiger partial charge on any atom is -0.496 e. The summed E-state index contributed by atoms with van der Waals surface area (Å²) in [5.74, 6) is 0.569. The fourth-order valence-corrected chi connectivity index (χ4v) is 2.13. The summed E-state index contributed by atoms with van der Waals surface area (Å²) in [5.41, 5.74) is 0.880. The quantitative estimate of drug-likeness (QED) is 0.897. The van der Waals surface area contributed by atoms with E-state index in [-0.39, 0.29) is 12.1 Å². The molecule has 0 aliphatic carbocycles. The monoisotopic (exact) mass is 295 g/mol. The van der Waals surface area contributed by atoms with Gasteiger partial charge in [-0.3, -0.25) is 5.32 Å². The third-order valence-electron chi connectivity index (χ3n) is 3.15. The molecular formula is C16H16F3NO. The molecule has 0 amide bonds. The van der Waals surface area contributed by atoms with E-state index in [2.05, 4.69) is 5.32 Å². The van der Waals surface area contributed by atoms with Crippen molar-refractivity contribution < 1.29 is 17.9 Å². The van der Waals surface area contributed by atoms with Gasteiger partial charge in [-0.05, 0) is 11.6 Å². The Balaban J connectivity index is 2.17. The van der Waals surface area contributed by atoms with Gasteiger partial charge in [-0.2, -0.15) is 13.2 Å². The van der Waals surface area contributed by atoms with Gasteiger partial charge in [0.15, 0.2) is 0 Å². The molecule has 21 heavy (non-hydrogen) atoms. The van der Waals surface area contributed by atoms with Crippen LogP contribution in [0.5, 0.6) is 5.75 Å². The zero-order chi connectivity index (χ0) is 15.3. The Morgan fingerprint density at radius 3 is 2.24 bits per heavy atom. The van der Waals surface area contributed by atoms with Crippen molar-refractivity contribution in [1.29, 1.82) is 0 Å². The standard InChI is InChI=1S/C16H16F3NO/c1-21-14-10-6-5-9-13(14)11-20-15(16(17,18)19)12-7-3-2-4-8-12/h2-10,15,20H,11H2,1H3. The summed E-state index contributed by atoms with van der Waals surface area (Å²) in [6.45, 7) is 0.0725. The van der Waals surface area contributed by atoms with Gasteiger partial charge in [0.25, 0.3) is 0 Å². The van der Waals surface area contributed by atoms with Gasteiger partial charge in [0.1, 0.15) is 11.8 Å². The normalized spacial score (nSPS) is 13.0. The molecule has 1 unspecified atom stereocenters. The van der Waals surface area contributed by atoms with E-state index in [0.717, 1.165) is 0 Å². The minimum atomic E-state index is -4.36. The van der Waals surface area contributed by atoms with Crippen LogP contribution in [-0.4, -0.2) is 13.3 Å². The smallest absolute Gasteiger partial charge is 0.407 e. The highest BCUT2D eigenvalue weighted by Crippen LogP contribution is 2.33. The number of nitrogens with one attached hydrogen (secondary N) is 1. The maximum atomic E-state index is 13.2. The fourth-order valence-electron chi connectivity index (χ4n) is 2.13. The predicted octanol–water partition coefficient (Wildman–Crippen LogP) is 4.09. The first kappa shape index (κ1) is 15.4. The molecule has 0 saturated carbocycles. The molecule has 2 aromatic rings. The molecule has 2 rings (SSSR count). The van der Waals surface area contributed by atoms with Crippen LogP contribution in [0.25, 0.3) is 0 Å². The number of alkyl halides is 3. The van der Waals surface area contributed by atoms with Crippen LogP contribution < -0.4 is 10.1 Å². The Hall–Kier alpha value is -2.01. The number of benzene rings is 2. The van der Waals surface area contributed by atoms with Crippen molar-refractivity contribution in [2.24, 2.45) is 0 Å². The van der Waals surface area contributed by atoms with Crippen LogP contribution in [0.15, 0.2) is 54.6 Å². The predicted molar refractivity (Wildman–Crippen MR) is 75.1 cm³/mol. The van der Waals surface area contributed by atoms with Crippen LogP contribution >= 0.6 is 0 Å². The molecule has 1 atom stereocenters. The number of halogens is 3. The first-order valence-corrected chi connectivity index (χ1v) is 6.49. The average molecular weight is 295 g/mol. The van der Waals surface area contributed by atoms with Crippen LogP contribution in [0.1, 0.15) is 17.2 Å². The molecule has 0 spiro atoms. The second-order valence-electron chi connectivity index (χ2n) is 4.58. The zero-order valence-electron chi connectivity index (χ0n) is 11.5. The van der Waals surface area contributed by atoms with Crippen LogP contribution in [0.4, 0.5) is 13.2 Å². The second kappa shape index (κ2) is 6.63. The van der Waals surface area contributed by atoms with Gasteiger partial charge in [-0.25, -0.2) is 0 Å². The third kappa shape index (κ3) is 3.98. The molecule has 0 aromatic heterocycles. The minimum absolute atomic E-state index is 0.0725. The summed E-state index contributed by atoms with van der Waals surface area (Å²) in [5, 5.41) is 2.56. The fraction of sp³-hybridized carbons (Fsp3) is 0.250. The lowest BCUT2D eigenvalue weighted by molar-refractivity contribution is -0.158. The molecule has 2 nitrogen and oxygen atoms in total. The average Bonchev–Trinajstić information content (AvgIpc) is 2.47. The molecule has 0 radical (unpaired) electrons. The summed E-state index contributed by atoms with van der Waals surface area (Å²) in [6.07, 6.45) is -4.36. The van der Waals surface area contributed by atoms with Crippen LogP contribution in [-0.2, 0) is 6.54 Å². The lowest BCUT2D eigenvalue weighted by Gasteiger charge is -2.22. The van der Waals surface area contributed by atoms with Gasteiger partial charge < -0.3 is 4.74 Å². The van der Waals surface area contributed by atoms with Crippen molar-refractivity contribution in [3.8, 4) is 5.75 Å². The van der Waals surface area contributed by atoms with Crippen LogP contribution in [0.3, 0.4) is 0 Å². The van der Waals surface area contributed by atoms with Gasteiger partial charge in [-0.15, -0.1) is 0 Å². The molecular weight excluding hydrogens is 279 g/mol. The number of ether oxygens (including phenoxy) is 1. The molecule has 2 aromatic carbocycles. The lowest BCUT2D eigenvalue weighted by atomic mass is 10.1. The lowest BCUT2D eigenvalue weighted by Crippen LogP contribution is -2.33. The highest BCUT2D eigenvalue weighted by atomic mass is 19.4. The van der Waals surface area contributed by atoms with Crippen molar-refractivity contribution in [2.45, 2.75) is 18.8 Å². The van der Waals surface area contributed by atoms with Crippen LogP contribution in [0, 0.1) is 0 Å². The van der Waals surface area contributed by atoms with E-state index in [4.69, 9.17) is 4.74 Å². The third-order valence-corrected chi connectivity index (χ3v) is 3.15. The van der Waals surface area contributed by atoms with E-state index in [1.54, 1.807) is 42.5 Å². The highest BCUT2D eigenvalue weighted by Gasteiger charge is 2.40. The van der Waals surface area contributed by atoms with Crippen molar-refractivity contribution in [3.63, 3.8) is 0 Å². The second-order valence-corrected chi connectivity index (χ2v) is 4.58. The first-order valence-electron chi connectivity index (χ1n) is 6.49. The summed E-state index contributed by atoms with van der Waals surface area (Å²) in [6, 6.07) is 13.1. The molecule has 0 fully saturated rings. The van der Waals surface area contributed by atoms with E-state index in [1.807, 2.05) is 0 Å². The van der Waals surface area contributed by atoms with Gasteiger partial charge in [0.2, 0.25) is 0 Å². The summed E-state index contributed by atoms with van der Waals surface area (Å²) in [7, 11) is 1.50. The molecule has 0 saturated heterocycles. The van der Waals surface area contributed by atoms with Crippen molar-refractivity contribution in [1.82, 2.24) is 5.32 Å². The molecule has 112 valence electrons. The summed E-state index contributed by atoms with van der Waals surface area (Å²) < 4.78 is 44.7. The number of hydrogen-bond donors (Lipinski definition) is 1. The maximum Gasteiger partial charge on any atom is 0.407 e. The molecule has 0 aliphatic rings. The Morgan fingerprint density at radius 1 is 1.00 bits per heavy atom. The van der Waals surface area contributed by atoms with Gasteiger partial charge in [0.05, 0.1) is 7.11 Å². The van der Waals surface area contributed by atoms with Crippen molar-refractivity contribution in [3.05, 3.63) is 65.7 Å². The van der Waals surface area contributed by atoms with Gasteiger partial charge >= 0.3 is 6.18 Å². The van der Waals surface area contributed by atoms with E-state index >= 15 is 0 Å². The SMILES string of the molecule is COc1ccccc1CNC(c1ccccc1)C(F)(F)F. The largest absolute Gasteiger partial charge is 0.496 e. The number of rotatable bonds is 5. The zero-order valence-corrected chi connectivity index (χ0v) is 11.5. The Labute approximate surface area is 121 Å². The molecule has 0 bridgehead atoms. The molecule has 1 N–H and O–H groups in total. The topological polar surface area (TPSA) is 21.3 Å². The molecule has 0 heterocycles. The van der Waals surface area contributed by atoms with E-state index in [0.29, 0.717) is 11.3 Å². The number of para-hydroxylation sites is 1. The number of hydrogen-bond acceptors (Lipinski definition) is 2. The maximum absolute atomic E-state index is 13.2. The van der Waals surface area contributed by atoms with E-state index in [9.17, 15) is 13.2 Å². The van der Waals surface area contributed by atoms with Crippen molar-refractivity contribution >= 4 is 0 Å². The summed E-state index contributed by atoms with van der Waals surface area (Å²) in [4.78, 5) is 0. The Kier molecular flexibility index (Phi) is 4.85. The highest BCUT2D eigenvalue weighted by molar-refractivity contribution is 5.33. The van der Waals surface area contributed by atoms with Gasteiger partial charge in [0, 0.05) is 12.1 Å². The van der Waals surface area contributed by atoms with E-state index < -0.39 is 12.2 Å². The Morgan fingerprint density at radius 2 is 1.62 bits per heavy atom. The Bertz CT molecular complexity index is 569. The van der Waals surface area contributed by atoms with Crippen molar-refractivity contribution in [2.75, 3.05) is 7.11 Å². The van der Waals surface area contributed by atoms with Crippen LogP contribution in [0.2, 0.25) is 0 Å². The molecule has 5 heteroatoms. The van der Waals surface area contributed by atoms with Gasteiger partial charge in [-0.1, -0.05) is 48.5 Å². The first-order chi connectivity index (χ1) is 10.0.